The van der Waals surface area contributed by atoms with Gasteiger partial charge in [0.25, 0.3) is 0 Å². The molecule has 0 unspecified atom stereocenters. The molecule has 8 heteroatoms. The topological polar surface area (TPSA) is 87.4 Å². The van der Waals surface area contributed by atoms with Crippen molar-refractivity contribution in [3.8, 4) is 11.5 Å². The lowest BCUT2D eigenvalue weighted by atomic mass is 10.1. The van der Waals surface area contributed by atoms with Gasteiger partial charge in [-0.25, -0.2) is 9.78 Å². The number of carbonyl (C=O) groups is 1. The Kier molecular flexibility index (Phi) is 5.98. The summed E-state index contributed by atoms with van der Waals surface area (Å²) in [7, 11) is 3.17. The van der Waals surface area contributed by atoms with Crippen LogP contribution in [0, 0.1) is 0 Å². The molecule has 0 aliphatic carbocycles. The maximum Gasteiger partial charge on any atom is 0.330 e. The Morgan fingerprint density at radius 2 is 1.93 bits per heavy atom. The fourth-order valence-corrected chi connectivity index (χ4v) is 3.17. The number of nitrogens with zero attached hydrogens (tertiary/aromatic N) is 3. The molecule has 148 valence electrons. The minimum absolute atomic E-state index is 0.0417. The Morgan fingerprint density at radius 1 is 1.14 bits per heavy atom. The summed E-state index contributed by atoms with van der Waals surface area (Å²) in [5.41, 5.74) is 2.03. The number of hydrogen-bond donors (Lipinski definition) is 1. The first-order chi connectivity index (χ1) is 13.6. The van der Waals surface area contributed by atoms with Gasteiger partial charge in [-0.05, 0) is 43.2 Å². The lowest BCUT2D eigenvalue weighted by molar-refractivity contribution is -0.121. The molecule has 28 heavy (non-hydrogen) atoms. The summed E-state index contributed by atoms with van der Waals surface area (Å²) in [6, 6.07) is 9.21. The number of pyridine rings is 1. The van der Waals surface area contributed by atoms with Gasteiger partial charge in [0, 0.05) is 19.3 Å². The van der Waals surface area contributed by atoms with Crippen molar-refractivity contribution in [1.29, 1.82) is 0 Å². The number of imidazole rings is 1. The predicted molar refractivity (Wildman–Crippen MR) is 106 cm³/mol. The van der Waals surface area contributed by atoms with Crippen LogP contribution in [0.15, 0.2) is 41.3 Å². The molecule has 1 aromatic carbocycles. The molecule has 0 aliphatic rings. The number of aryl methyl sites for hydroxylation is 1. The molecular weight excluding hydrogens is 360 g/mol. The molecule has 0 saturated heterocycles. The van der Waals surface area contributed by atoms with Gasteiger partial charge in [-0.1, -0.05) is 6.07 Å². The molecular formula is C20H24N4O4. The van der Waals surface area contributed by atoms with Crippen LogP contribution >= 0.6 is 0 Å². The van der Waals surface area contributed by atoms with Crippen molar-refractivity contribution in [3.63, 3.8) is 0 Å². The minimum Gasteiger partial charge on any atom is -0.493 e. The molecule has 0 atom stereocenters. The van der Waals surface area contributed by atoms with E-state index in [2.05, 4.69) is 10.3 Å². The third kappa shape index (κ3) is 3.85. The third-order valence-electron chi connectivity index (χ3n) is 4.58. The van der Waals surface area contributed by atoms with E-state index in [1.807, 2.05) is 25.1 Å². The van der Waals surface area contributed by atoms with E-state index in [0.717, 1.165) is 5.56 Å². The highest BCUT2D eigenvalue weighted by Crippen LogP contribution is 2.27. The predicted octanol–water partition coefficient (Wildman–Crippen LogP) is 1.59. The monoisotopic (exact) mass is 384 g/mol. The van der Waals surface area contributed by atoms with E-state index in [4.69, 9.17) is 9.47 Å². The molecule has 0 saturated carbocycles. The number of aromatic nitrogens is 3. The number of benzene rings is 1. The fraction of sp³-hybridized carbons (Fsp3) is 0.350. The first kappa shape index (κ1) is 19.5. The van der Waals surface area contributed by atoms with E-state index in [1.54, 1.807) is 37.1 Å². The Balaban J connectivity index is 1.65. The maximum atomic E-state index is 12.6. The zero-order chi connectivity index (χ0) is 20.1. The first-order valence-electron chi connectivity index (χ1n) is 9.10. The Labute approximate surface area is 162 Å². The van der Waals surface area contributed by atoms with Gasteiger partial charge in [0.1, 0.15) is 6.54 Å². The molecule has 0 spiro atoms. The third-order valence-corrected chi connectivity index (χ3v) is 4.58. The normalized spacial score (nSPS) is 10.8. The quantitative estimate of drug-likeness (QED) is 0.637. The van der Waals surface area contributed by atoms with Crippen LogP contribution < -0.4 is 20.5 Å². The van der Waals surface area contributed by atoms with Crippen molar-refractivity contribution >= 4 is 17.1 Å². The lowest BCUT2D eigenvalue weighted by Crippen LogP contribution is -2.34. The molecule has 2 aromatic heterocycles. The standard InChI is InChI=1S/C20H24N4O4/c1-4-23-19-15(6-5-10-22-19)24(20(23)26)13-18(25)21-11-9-14-7-8-16(27-2)17(12-14)28-3/h5-8,10,12H,4,9,11,13H2,1-3H3,(H,21,25). The maximum absolute atomic E-state index is 12.6. The van der Waals surface area contributed by atoms with Crippen molar-refractivity contribution in [1.82, 2.24) is 19.4 Å². The van der Waals surface area contributed by atoms with E-state index in [9.17, 15) is 9.59 Å². The number of carbonyl (C=O) groups excluding carboxylic acids is 1. The van der Waals surface area contributed by atoms with Gasteiger partial charge in [0.15, 0.2) is 17.1 Å². The molecule has 0 fully saturated rings. The number of rotatable bonds is 8. The van der Waals surface area contributed by atoms with E-state index < -0.39 is 0 Å². The second-order valence-corrected chi connectivity index (χ2v) is 6.25. The molecule has 0 aliphatic heterocycles. The van der Waals surface area contributed by atoms with Gasteiger partial charge in [-0.2, -0.15) is 0 Å². The number of methoxy groups -OCH3 is 2. The molecule has 3 rings (SSSR count). The van der Waals surface area contributed by atoms with Crippen molar-refractivity contribution in [2.45, 2.75) is 26.4 Å². The SMILES string of the molecule is CCn1c(=O)n(CC(=O)NCCc2ccc(OC)c(OC)c2)c2cccnc21. The van der Waals surface area contributed by atoms with Crippen LogP contribution in [0.25, 0.3) is 11.2 Å². The molecule has 3 aromatic rings. The lowest BCUT2D eigenvalue weighted by Gasteiger charge is -2.10. The van der Waals surface area contributed by atoms with Gasteiger partial charge >= 0.3 is 5.69 Å². The van der Waals surface area contributed by atoms with Crippen molar-refractivity contribution in [3.05, 3.63) is 52.6 Å². The number of hydrogen-bond acceptors (Lipinski definition) is 5. The summed E-state index contributed by atoms with van der Waals surface area (Å²) >= 11 is 0. The minimum atomic E-state index is -0.230. The van der Waals surface area contributed by atoms with E-state index in [0.29, 0.717) is 42.2 Å². The second kappa shape index (κ2) is 8.60. The van der Waals surface area contributed by atoms with Gasteiger partial charge in [-0.3, -0.25) is 13.9 Å². The summed E-state index contributed by atoms with van der Waals surface area (Å²) in [5.74, 6) is 1.09. The number of ether oxygens (including phenoxy) is 2. The zero-order valence-corrected chi connectivity index (χ0v) is 16.3. The van der Waals surface area contributed by atoms with Gasteiger partial charge in [-0.15, -0.1) is 0 Å². The summed E-state index contributed by atoms with van der Waals surface area (Å²) in [4.78, 5) is 29.2. The van der Waals surface area contributed by atoms with Crippen molar-refractivity contribution < 1.29 is 14.3 Å². The average molecular weight is 384 g/mol. The van der Waals surface area contributed by atoms with Crippen molar-refractivity contribution in [2.75, 3.05) is 20.8 Å². The van der Waals surface area contributed by atoms with Crippen molar-refractivity contribution in [2.24, 2.45) is 0 Å². The number of amides is 1. The average Bonchev–Trinajstić information content (AvgIpc) is 2.98. The van der Waals surface area contributed by atoms with Crippen LogP contribution in [-0.4, -0.2) is 40.8 Å². The Bertz CT molecular complexity index is 1040. The first-order valence-corrected chi connectivity index (χ1v) is 9.10. The number of nitrogens with one attached hydrogen (secondary N) is 1. The second-order valence-electron chi connectivity index (χ2n) is 6.25. The smallest absolute Gasteiger partial charge is 0.330 e. The van der Waals surface area contributed by atoms with Gasteiger partial charge in [0.05, 0.1) is 19.7 Å². The van der Waals surface area contributed by atoms with Gasteiger partial charge < -0.3 is 14.8 Å². The molecule has 8 nitrogen and oxygen atoms in total. The zero-order valence-electron chi connectivity index (χ0n) is 16.3. The van der Waals surface area contributed by atoms with Crippen LogP contribution in [0.4, 0.5) is 0 Å². The van der Waals surface area contributed by atoms with Crippen LogP contribution in [0.1, 0.15) is 12.5 Å². The molecule has 2 heterocycles. The largest absolute Gasteiger partial charge is 0.493 e. The van der Waals surface area contributed by atoms with E-state index >= 15 is 0 Å². The molecule has 0 radical (unpaired) electrons. The van der Waals surface area contributed by atoms with Gasteiger partial charge in [0.2, 0.25) is 5.91 Å². The Hall–Kier alpha value is -3.29. The van der Waals surface area contributed by atoms with Crippen LogP contribution in [0.2, 0.25) is 0 Å². The highest BCUT2D eigenvalue weighted by Gasteiger charge is 2.15. The number of fused-ring (bicyclic) bond motifs is 1. The fourth-order valence-electron chi connectivity index (χ4n) is 3.17. The highest BCUT2D eigenvalue weighted by molar-refractivity contribution is 5.79. The molecule has 1 amide bonds. The van der Waals surface area contributed by atoms with Crippen LogP contribution in [0.5, 0.6) is 11.5 Å². The summed E-state index contributed by atoms with van der Waals surface area (Å²) in [6.45, 7) is 2.79. The van der Waals surface area contributed by atoms with Crippen LogP contribution in [-0.2, 0) is 24.3 Å². The summed E-state index contributed by atoms with van der Waals surface area (Å²) in [6.07, 6.45) is 2.28. The van der Waals surface area contributed by atoms with E-state index in [1.165, 1.54) is 4.57 Å². The molecule has 0 bridgehead atoms. The van der Waals surface area contributed by atoms with Crippen LogP contribution in [0.3, 0.4) is 0 Å². The van der Waals surface area contributed by atoms with E-state index in [-0.39, 0.29) is 18.1 Å². The summed E-state index contributed by atoms with van der Waals surface area (Å²) in [5, 5.41) is 2.86. The molecule has 1 N–H and O–H groups in total. The highest BCUT2D eigenvalue weighted by atomic mass is 16.5. The Morgan fingerprint density at radius 3 is 2.64 bits per heavy atom. The summed E-state index contributed by atoms with van der Waals surface area (Å²) < 4.78 is 13.5.